The zero-order valence-corrected chi connectivity index (χ0v) is 29.8. The monoisotopic (exact) mass is 715 g/mol. The van der Waals surface area contributed by atoms with Gasteiger partial charge in [0.05, 0.1) is 54.8 Å². The summed E-state index contributed by atoms with van der Waals surface area (Å²) >= 11 is 14.3. The van der Waals surface area contributed by atoms with Crippen molar-refractivity contribution in [2.24, 2.45) is 0 Å². The molecular weight excluding hydrogens is 677 g/mol. The number of esters is 1. The van der Waals surface area contributed by atoms with Crippen LogP contribution in [-0.4, -0.2) is 78.8 Å². The zero-order chi connectivity index (χ0) is 35.0. The van der Waals surface area contributed by atoms with Gasteiger partial charge in [0.2, 0.25) is 11.8 Å². The predicted molar refractivity (Wildman–Crippen MR) is 193 cm³/mol. The minimum atomic E-state index is -0.261. The van der Waals surface area contributed by atoms with Crippen LogP contribution in [0, 0.1) is 0 Å². The Morgan fingerprint density at radius 2 is 1.74 bits per heavy atom. The number of rotatable bonds is 11. The Hall–Kier alpha value is -4.22. The Balaban J connectivity index is 1.13. The maximum Gasteiger partial charge on any atom is 0.319 e. The molecule has 0 radical (unpaired) electrons. The van der Waals surface area contributed by atoms with Gasteiger partial charge in [-0.15, -0.1) is 0 Å². The molecule has 3 aliphatic rings. The molecule has 2 N–H and O–H groups in total. The number of ether oxygens (including phenoxy) is 3. The number of carbonyl (C=O) groups is 2. The third kappa shape index (κ3) is 6.65. The molecule has 3 aromatic carbocycles. The summed E-state index contributed by atoms with van der Waals surface area (Å²) in [6.07, 6.45) is 4.68. The number of nitrogens with zero attached hydrogens (tertiary/aromatic N) is 3. The number of benzene rings is 3. The van der Waals surface area contributed by atoms with Gasteiger partial charge in [-0.2, -0.15) is 0 Å². The average Bonchev–Trinajstić information content (AvgIpc) is 3.71. The van der Waals surface area contributed by atoms with Crippen molar-refractivity contribution in [2.45, 2.75) is 50.7 Å². The first-order valence-electron chi connectivity index (χ1n) is 16.8. The van der Waals surface area contributed by atoms with E-state index in [1.54, 1.807) is 27.3 Å². The third-order valence-corrected chi connectivity index (χ3v) is 10.6. The fourth-order valence-electron chi connectivity index (χ4n) is 7.47. The Bertz CT molecular complexity index is 1960. The van der Waals surface area contributed by atoms with E-state index in [0.29, 0.717) is 46.8 Å². The summed E-state index contributed by atoms with van der Waals surface area (Å²) in [4.78, 5) is 35.4. The lowest BCUT2D eigenvalue weighted by Crippen LogP contribution is -2.66. The highest BCUT2D eigenvalue weighted by Gasteiger charge is 2.47. The van der Waals surface area contributed by atoms with Crippen LogP contribution in [0.3, 0.4) is 0 Å². The molecule has 1 unspecified atom stereocenters. The van der Waals surface area contributed by atoms with Crippen LogP contribution in [0.4, 0.5) is 0 Å². The Morgan fingerprint density at radius 1 is 1.02 bits per heavy atom. The molecule has 1 atom stereocenters. The first kappa shape index (κ1) is 34.2. The molecule has 10 nitrogen and oxygen atoms in total. The molecule has 2 aliphatic heterocycles. The van der Waals surface area contributed by atoms with Crippen LogP contribution in [0.5, 0.6) is 11.6 Å². The van der Waals surface area contributed by atoms with Gasteiger partial charge in [-0.25, -0.2) is 4.98 Å². The number of nitrogens with one attached hydrogen (secondary N) is 2. The molecule has 12 heteroatoms. The van der Waals surface area contributed by atoms with E-state index in [1.165, 1.54) is 0 Å². The lowest BCUT2D eigenvalue weighted by Gasteiger charge is -2.47. The highest BCUT2D eigenvalue weighted by atomic mass is 35.5. The maximum atomic E-state index is 11.9. The summed E-state index contributed by atoms with van der Waals surface area (Å²) in [7, 11) is 3.26. The Kier molecular flexibility index (Phi) is 9.72. The highest BCUT2D eigenvalue weighted by molar-refractivity contribution is 6.39. The lowest BCUT2D eigenvalue weighted by molar-refractivity contribution is -0.142. The topological polar surface area (TPSA) is 115 Å². The van der Waals surface area contributed by atoms with Gasteiger partial charge in [0.1, 0.15) is 11.4 Å². The predicted octanol–water partition coefficient (Wildman–Crippen LogP) is 5.89. The molecule has 7 rings (SSSR count). The molecule has 1 aliphatic carbocycles. The van der Waals surface area contributed by atoms with Crippen LogP contribution in [0.2, 0.25) is 10.0 Å². The molecule has 50 heavy (non-hydrogen) atoms. The minimum Gasteiger partial charge on any atom is -0.496 e. The molecule has 4 aromatic rings. The number of amides is 1. The number of carbonyl (C=O) groups excluding carboxylic acids is 2. The number of methoxy groups -OCH3 is 2. The largest absolute Gasteiger partial charge is 0.496 e. The van der Waals surface area contributed by atoms with Gasteiger partial charge in [0, 0.05) is 54.4 Å². The van der Waals surface area contributed by atoms with E-state index in [2.05, 4.69) is 21.6 Å². The zero-order valence-electron chi connectivity index (χ0n) is 28.3. The van der Waals surface area contributed by atoms with E-state index >= 15 is 0 Å². The SMILES string of the molecule is CCOC(=O)CNC1Cc2cc(-c3cccc(-c4cccc(-c5cnc(CN6CC7(CCC(=O)N7)C6)c(OC)n5)c4Cl)c3Cl)cc(OC)c2C1. The lowest BCUT2D eigenvalue weighted by atomic mass is 9.88. The normalized spacial score (nSPS) is 17.7. The molecule has 0 saturated carbocycles. The molecule has 1 aromatic heterocycles. The van der Waals surface area contributed by atoms with Gasteiger partial charge in [-0.3, -0.25) is 19.5 Å². The number of likely N-dealkylation sites (tertiary alicyclic amines) is 1. The van der Waals surface area contributed by atoms with Gasteiger partial charge in [-0.1, -0.05) is 65.7 Å². The second-order valence-electron chi connectivity index (χ2n) is 13.1. The molecule has 2 saturated heterocycles. The Labute approximate surface area is 301 Å². The van der Waals surface area contributed by atoms with Crippen molar-refractivity contribution in [2.75, 3.05) is 40.5 Å². The second kappa shape index (κ2) is 14.2. The van der Waals surface area contributed by atoms with Crippen LogP contribution in [0.1, 0.15) is 36.6 Å². The number of aromatic nitrogens is 2. The second-order valence-corrected chi connectivity index (χ2v) is 13.9. The fraction of sp³-hybridized carbons (Fsp3) is 0.368. The number of hydrogen-bond donors (Lipinski definition) is 2. The van der Waals surface area contributed by atoms with Crippen LogP contribution < -0.4 is 20.1 Å². The summed E-state index contributed by atoms with van der Waals surface area (Å²) in [5.41, 5.74) is 7.52. The van der Waals surface area contributed by atoms with E-state index in [9.17, 15) is 9.59 Å². The van der Waals surface area contributed by atoms with Gasteiger partial charge in [-0.05, 0) is 48.9 Å². The van der Waals surface area contributed by atoms with Crippen molar-refractivity contribution in [1.82, 2.24) is 25.5 Å². The van der Waals surface area contributed by atoms with Crippen LogP contribution >= 0.6 is 23.2 Å². The highest BCUT2D eigenvalue weighted by Crippen LogP contribution is 2.44. The van der Waals surface area contributed by atoms with Gasteiger partial charge >= 0.3 is 5.97 Å². The molecule has 0 bridgehead atoms. The van der Waals surface area contributed by atoms with Crippen LogP contribution in [0.25, 0.3) is 33.5 Å². The van der Waals surface area contributed by atoms with Crippen molar-refractivity contribution < 1.29 is 23.8 Å². The molecule has 2 fully saturated rings. The van der Waals surface area contributed by atoms with E-state index in [0.717, 1.165) is 77.2 Å². The van der Waals surface area contributed by atoms with Crippen molar-refractivity contribution >= 4 is 35.1 Å². The fourth-order valence-corrected chi connectivity index (χ4v) is 8.13. The van der Waals surface area contributed by atoms with Gasteiger partial charge < -0.3 is 24.8 Å². The summed E-state index contributed by atoms with van der Waals surface area (Å²) in [5.74, 6) is 1.08. The van der Waals surface area contributed by atoms with E-state index in [1.807, 2.05) is 42.5 Å². The number of fused-ring (bicyclic) bond motifs is 1. The quantitative estimate of drug-likeness (QED) is 0.184. The minimum absolute atomic E-state index is 0.0988. The van der Waals surface area contributed by atoms with Crippen molar-refractivity contribution in [3.8, 4) is 45.1 Å². The van der Waals surface area contributed by atoms with Gasteiger partial charge in [0.25, 0.3) is 0 Å². The molecule has 1 amide bonds. The summed E-state index contributed by atoms with van der Waals surface area (Å²) < 4.78 is 16.6. The standard InChI is InChI=1S/C38H39Cl2N5O5/c1-4-50-34(47)18-41-24-14-22-13-23(15-32(48-2)29(22)16-24)25-7-5-8-26(35(25)39)27-9-6-10-28(36(27)40)30-17-42-31(37(43-30)49-3)19-45-20-38(21-45)12-11-33(46)44-38/h5-10,13,15,17,24,41H,4,11-12,14,16,18-21H2,1-3H3,(H,44,46). The van der Waals surface area contributed by atoms with E-state index in [4.69, 9.17) is 47.4 Å². The smallest absolute Gasteiger partial charge is 0.319 e. The van der Waals surface area contributed by atoms with E-state index < -0.39 is 0 Å². The molecule has 1 spiro atoms. The summed E-state index contributed by atoms with van der Waals surface area (Å²) in [6, 6.07) is 16.0. The molecular formula is C38H39Cl2N5O5. The van der Waals surface area contributed by atoms with Crippen molar-refractivity contribution in [3.63, 3.8) is 0 Å². The molecule has 3 heterocycles. The average molecular weight is 717 g/mol. The van der Waals surface area contributed by atoms with E-state index in [-0.39, 0.29) is 30.0 Å². The number of hydrogen-bond acceptors (Lipinski definition) is 9. The summed E-state index contributed by atoms with van der Waals surface area (Å²) in [6.45, 7) is 4.47. The Morgan fingerprint density at radius 3 is 2.42 bits per heavy atom. The first-order chi connectivity index (χ1) is 24.2. The van der Waals surface area contributed by atoms with Gasteiger partial charge in [0.15, 0.2) is 0 Å². The summed E-state index contributed by atoms with van der Waals surface area (Å²) in [5, 5.41) is 7.50. The maximum absolute atomic E-state index is 11.9. The first-order valence-corrected chi connectivity index (χ1v) is 17.6. The third-order valence-electron chi connectivity index (χ3n) is 9.82. The van der Waals surface area contributed by atoms with Crippen LogP contribution in [0.15, 0.2) is 54.7 Å². The van der Waals surface area contributed by atoms with Crippen molar-refractivity contribution in [3.05, 3.63) is 81.6 Å². The molecule has 260 valence electrons. The van der Waals surface area contributed by atoms with Crippen molar-refractivity contribution in [1.29, 1.82) is 0 Å². The number of halogens is 2. The van der Waals surface area contributed by atoms with Crippen LogP contribution in [-0.2, 0) is 33.7 Å².